The van der Waals surface area contributed by atoms with Crippen LogP contribution in [0.3, 0.4) is 0 Å². The summed E-state index contributed by atoms with van der Waals surface area (Å²) in [7, 11) is 6.17. The van der Waals surface area contributed by atoms with Gasteiger partial charge in [-0.15, -0.1) is 11.3 Å². The highest BCUT2D eigenvalue weighted by Crippen LogP contribution is 2.11. The van der Waals surface area contributed by atoms with E-state index < -0.39 is 0 Å². The summed E-state index contributed by atoms with van der Waals surface area (Å²) in [5, 5.41) is 0. The molecule has 2 rings (SSSR count). The van der Waals surface area contributed by atoms with E-state index in [0.29, 0.717) is 6.54 Å². The van der Waals surface area contributed by atoms with Gasteiger partial charge in [0.2, 0.25) is 0 Å². The first kappa shape index (κ1) is 17.5. The molecule has 116 valence electrons. The van der Waals surface area contributed by atoms with Crippen molar-refractivity contribution in [1.82, 2.24) is 9.47 Å². The zero-order chi connectivity index (χ0) is 15.8. The molecule has 0 bridgehead atoms. The molecule has 5 heteroatoms. The largest absolute Gasteiger partial charge is 0.398 e. The standard InChI is InChI=1S/C14H20N4S.C2H6/c1-17(2)9-12-10-18(3)14(19-12)16-8-11-6-4-5-7-13(11)15;1-2/h4-7,10H,8-9,15H2,1-3H3;1-2H3. The molecule has 0 aliphatic carbocycles. The van der Waals surface area contributed by atoms with Crippen LogP contribution in [-0.2, 0) is 20.1 Å². The smallest absolute Gasteiger partial charge is 0.185 e. The predicted octanol–water partition coefficient (Wildman–Crippen LogP) is 2.86. The molecular weight excluding hydrogens is 280 g/mol. The normalized spacial score (nSPS) is 11.4. The number of thiazole rings is 1. The Bertz CT molecular complexity index is 611. The molecule has 1 aromatic carbocycles. The van der Waals surface area contributed by atoms with Crippen molar-refractivity contribution in [2.24, 2.45) is 12.0 Å². The van der Waals surface area contributed by atoms with Crippen LogP contribution in [0.25, 0.3) is 0 Å². The van der Waals surface area contributed by atoms with Gasteiger partial charge in [0.1, 0.15) is 0 Å². The van der Waals surface area contributed by atoms with Crippen LogP contribution in [0.5, 0.6) is 0 Å². The average Bonchev–Trinajstić information content (AvgIpc) is 2.79. The Balaban J connectivity index is 0.00000106. The van der Waals surface area contributed by atoms with E-state index in [4.69, 9.17) is 5.73 Å². The minimum absolute atomic E-state index is 0.627. The monoisotopic (exact) mass is 306 g/mol. The summed E-state index contributed by atoms with van der Waals surface area (Å²) >= 11 is 1.73. The van der Waals surface area contributed by atoms with Crippen molar-refractivity contribution in [2.45, 2.75) is 26.9 Å². The molecule has 0 spiro atoms. The fourth-order valence-electron chi connectivity index (χ4n) is 1.85. The summed E-state index contributed by atoms with van der Waals surface area (Å²) in [6, 6.07) is 7.87. The number of benzene rings is 1. The minimum atomic E-state index is 0.627. The lowest BCUT2D eigenvalue weighted by Gasteiger charge is -2.05. The maximum Gasteiger partial charge on any atom is 0.185 e. The first-order valence-electron chi connectivity index (χ1n) is 7.20. The van der Waals surface area contributed by atoms with Crippen molar-refractivity contribution in [1.29, 1.82) is 0 Å². The van der Waals surface area contributed by atoms with Crippen molar-refractivity contribution in [2.75, 3.05) is 19.8 Å². The zero-order valence-electron chi connectivity index (χ0n) is 13.6. The molecule has 0 aliphatic rings. The zero-order valence-corrected chi connectivity index (χ0v) is 14.4. The van der Waals surface area contributed by atoms with Gasteiger partial charge in [0.05, 0.1) is 6.54 Å². The highest BCUT2D eigenvalue weighted by Gasteiger charge is 2.01. The van der Waals surface area contributed by atoms with Crippen molar-refractivity contribution in [3.8, 4) is 0 Å². The fraction of sp³-hybridized carbons (Fsp3) is 0.438. The molecule has 1 aromatic heterocycles. The summed E-state index contributed by atoms with van der Waals surface area (Å²) in [6.45, 7) is 5.57. The number of hydrogen-bond acceptors (Lipinski definition) is 4. The van der Waals surface area contributed by atoms with E-state index in [0.717, 1.165) is 22.6 Å². The second kappa shape index (κ2) is 8.64. The van der Waals surface area contributed by atoms with Gasteiger partial charge in [0.25, 0.3) is 0 Å². The van der Waals surface area contributed by atoms with Gasteiger partial charge in [-0.1, -0.05) is 32.0 Å². The molecule has 0 saturated carbocycles. The quantitative estimate of drug-likeness (QED) is 0.883. The molecule has 21 heavy (non-hydrogen) atoms. The molecule has 0 fully saturated rings. The maximum atomic E-state index is 5.92. The van der Waals surface area contributed by atoms with Gasteiger partial charge in [-0.25, -0.2) is 0 Å². The van der Waals surface area contributed by atoms with Gasteiger partial charge in [-0.3, -0.25) is 4.99 Å². The summed E-state index contributed by atoms with van der Waals surface area (Å²) in [6.07, 6.45) is 2.14. The van der Waals surface area contributed by atoms with E-state index in [1.54, 1.807) is 11.3 Å². The molecule has 0 amide bonds. The van der Waals surface area contributed by atoms with E-state index in [2.05, 4.69) is 34.8 Å². The van der Waals surface area contributed by atoms with E-state index >= 15 is 0 Å². The minimum Gasteiger partial charge on any atom is -0.398 e. The Morgan fingerprint density at radius 2 is 1.90 bits per heavy atom. The van der Waals surface area contributed by atoms with Gasteiger partial charge in [0, 0.05) is 30.4 Å². The Morgan fingerprint density at radius 3 is 2.52 bits per heavy atom. The summed E-state index contributed by atoms with van der Waals surface area (Å²) in [4.78, 5) is 9.15. The molecule has 0 radical (unpaired) electrons. The Labute approximate surface area is 131 Å². The van der Waals surface area contributed by atoms with Crippen molar-refractivity contribution < 1.29 is 0 Å². The van der Waals surface area contributed by atoms with Crippen LogP contribution < -0.4 is 10.5 Å². The second-order valence-corrected chi connectivity index (χ2v) is 5.94. The Hall–Kier alpha value is -1.59. The third-order valence-electron chi connectivity index (χ3n) is 2.77. The van der Waals surface area contributed by atoms with E-state index in [1.165, 1.54) is 4.88 Å². The van der Waals surface area contributed by atoms with Crippen LogP contribution in [0.2, 0.25) is 0 Å². The molecule has 0 atom stereocenters. The number of nitrogens with zero attached hydrogens (tertiary/aromatic N) is 3. The second-order valence-electron chi connectivity index (χ2n) is 4.84. The number of hydrogen-bond donors (Lipinski definition) is 1. The predicted molar refractivity (Wildman–Crippen MR) is 92.2 cm³/mol. The third-order valence-corrected chi connectivity index (χ3v) is 3.87. The van der Waals surface area contributed by atoms with Gasteiger partial charge < -0.3 is 15.2 Å². The van der Waals surface area contributed by atoms with Crippen molar-refractivity contribution >= 4 is 17.0 Å². The van der Waals surface area contributed by atoms with Crippen molar-refractivity contribution in [3.63, 3.8) is 0 Å². The van der Waals surface area contributed by atoms with Crippen molar-refractivity contribution in [3.05, 3.63) is 45.7 Å². The molecule has 0 aliphatic heterocycles. The van der Waals surface area contributed by atoms with Crippen LogP contribution >= 0.6 is 11.3 Å². The number of aryl methyl sites for hydroxylation is 1. The molecule has 1 heterocycles. The van der Waals surface area contributed by atoms with Gasteiger partial charge >= 0.3 is 0 Å². The number of anilines is 1. The number of rotatable bonds is 4. The highest BCUT2D eigenvalue weighted by molar-refractivity contribution is 7.09. The van der Waals surface area contributed by atoms with Crippen LogP contribution in [0.4, 0.5) is 5.69 Å². The van der Waals surface area contributed by atoms with Gasteiger partial charge in [0.15, 0.2) is 4.80 Å². The Morgan fingerprint density at radius 1 is 1.24 bits per heavy atom. The first-order chi connectivity index (χ1) is 10.1. The van der Waals surface area contributed by atoms with Gasteiger partial charge in [-0.05, 0) is 25.7 Å². The molecule has 2 aromatic rings. The van der Waals surface area contributed by atoms with Crippen LogP contribution in [0.1, 0.15) is 24.3 Å². The molecule has 4 nitrogen and oxygen atoms in total. The summed E-state index contributed by atoms with van der Waals surface area (Å²) in [5.41, 5.74) is 7.80. The maximum absolute atomic E-state index is 5.92. The SMILES string of the molecule is CC.CN(C)Cc1cn(C)c(=NCc2ccccc2N)s1. The lowest BCUT2D eigenvalue weighted by molar-refractivity contribution is 0.405. The van der Waals surface area contributed by atoms with Crippen LogP contribution in [0, 0.1) is 0 Å². The highest BCUT2D eigenvalue weighted by atomic mass is 32.1. The average molecular weight is 306 g/mol. The lowest BCUT2D eigenvalue weighted by Crippen LogP contribution is -2.09. The molecule has 0 unspecified atom stereocenters. The lowest BCUT2D eigenvalue weighted by atomic mass is 10.2. The van der Waals surface area contributed by atoms with E-state index in [9.17, 15) is 0 Å². The summed E-state index contributed by atoms with van der Waals surface area (Å²) in [5.74, 6) is 0. The van der Waals surface area contributed by atoms with E-state index in [1.807, 2.05) is 45.2 Å². The third kappa shape index (κ3) is 5.36. The first-order valence-corrected chi connectivity index (χ1v) is 8.02. The Kier molecular flexibility index (Phi) is 7.19. The molecular formula is C16H26N4S. The van der Waals surface area contributed by atoms with E-state index in [-0.39, 0.29) is 0 Å². The number of nitrogens with two attached hydrogens (primary N) is 1. The number of para-hydroxylation sites is 1. The topological polar surface area (TPSA) is 46.5 Å². The molecule has 0 saturated heterocycles. The van der Waals surface area contributed by atoms with Crippen LogP contribution in [-0.4, -0.2) is 23.6 Å². The fourth-order valence-corrected chi connectivity index (χ4v) is 2.94. The summed E-state index contributed by atoms with van der Waals surface area (Å²) < 4.78 is 2.07. The van der Waals surface area contributed by atoms with Gasteiger partial charge in [-0.2, -0.15) is 0 Å². The number of aromatic nitrogens is 1. The number of nitrogen functional groups attached to an aromatic ring is 1. The molecule has 2 N–H and O–H groups in total. The van der Waals surface area contributed by atoms with Crippen LogP contribution in [0.15, 0.2) is 35.5 Å².